The van der Waals surface area contributed by atoms with Gasteiger partial charge >= 0.3 is 5.97 Å². The van der Waals surface area contributed by atoms with E-state index < -0.39 is 5.97 Å². The fourth-order valence-corrected chi connectivity index (χ4v) is 1.90. The topological polar surface area (TPSA) is 58.6 Å². The van der Waals surface area contributed by atoms with E-state index in [-0.39, 0.29) is 18.0 Å². The fourth-order valence-electron chi connectivity index (χ4n) is 1.90. The largest absolute Gasteiger partial charge is 0.491 e. The van der Waals surface area contributed by atoms with Gasteiger partial charge in [0.05, 0.1) is 0 Å². The number of rotatable bonds is 6. The second kappa shape index (κ2) is 6.74. The molecular formula is C16H16FNO3. The van der Waals surface area contributed by atoms with Crippen LogP contribution in [0.1, 0.15) is 15.9 Å². The fraction of sp³-hybridized carbons (Fsp3) is 0.188. The molecule has 2 N–H and O–H groups in total. The first-order valence-corrected chi connectivity index (χ1v) is 6.53. The molecule has 21 heavy (non-hydrogen) atoms. The summed E-state index contributed by atoms with van der Waals surface area (Å²) < 4.78 is 18.6. The Hall–Kier alpha value is -2.56. The van der Waals surface area contributed by atoms with E-state index in [0.717, 1.165) is 5.56 Å². The van der Waals surface area contributed by atoms with E-state index in [1.54, 1.807) is 24.3 Å². The van der Waals surface area contributed by atoms with Crippen LogP contribution in [-0.4, -0.2) is 24.2 Å². The Balaban J connectivity index is 1.91. The Labute approximate surface area is 122 Å². The molecule has 0 heterocycles. The van der Waals surface area contributed by atoms with E-state index in [1.807, 2.05) is 6.92 Å². The van der Waals surface area contributed by atoms with Gasteiger partial charge in [-0.05, 0) is 36.8 Å². The van der Waals surface area contributed by atoms with E-state index in [1.165, 1.54) is 18.2 Å². The maximum absolute atomic E-state index is 13.1. The van der Waals surface area contributed by atoms with E-state index >= 15 is 0 Å². The molecule has 4 nitrogen and oxygen atoms in total. The van der Waals surface area contributed by atoms with Crippen molar-refractivity contribution in [3.8, 4) is 5.75 Å². The number of ether oxygens (including phenoxy) is 1. The minimum atomic E-state index is -1.03. The Kier molecular flexibility index (Phi) is 4.77. The number of carboxylic acid groups (broad SMARTS) is 1. The second-order valence-corrected chi connectivity index (χ2v) is 4.54. The minimum Gasteiger partial charge on any atom is -0.491 e. The number of hydrogen-bond donors (Lipinski definition) is 2. The van der Waals surface area contributed by atoms with Gasteiger partial charge in [0, 0.05) is 12.2 Å². The first kappa shape index (κ1) is 14.8. The zero-order valence-corrected chi connectivity index (χ0v) is 11.6. The predicted octanol–water partition coefficient (Wildman–Crippen LogP) is 3.32. The lowest BCUT2D eigenvalue weighted by molar-refractivity contribution is 0.0692. The van der Waals surface area contributed by atoms with Crippen molar-refractivity contribution in [1.82, 2.24) is 0 Å². The molecule has 110 valence electrons. The van der Waals surface area contributed by atoms with Gasteiger partial charge in [0.2, 0.25) is 0 Å². The van der Waals surface area contributed by atoms with E-state index in [0.29, 0.717) is 18.0 Å². The van der Waals surface area contributed by atoms with Crippen LogP contribution in [0.2, 0.25) is 0 Å². The van der Waals surface area contributed by atoms with Crippen LogP contribution in [0, 0.1) is 12.7 Å². The SMILES string of the molecule is Cc1ccc(F)cc1NCCOc1ccccc1C(=O)O. The van der Waals surface area contributed by atoms with Crippen LogP contribution in [0.3, 0.4) is 0 Å². The number of anilines is 1. The number of para-hydroxylation sites is 1. The zero-order chi connectivity index (χ0) is 15.2. The molecule has 0 bridgehead atoms. The maximum atomic E-state index is 13.1. The van der Waals surface area contributed by atoms with Crippen molar-refractivity contribution in [2.75, 3.05) is 18.5 Å². The van der Waals surface area contributed by atoms with Crippen LogP contribution in [0.25, 0.3) is 0 Å². The molecule has 2 aromatic carbocycles. The van der Waals surface area contributed by atoms with Gasteiger partial charge in [0.1, 0.15) is 23.7 Å². The average Bonchev–Trinajstić information content (AvgIpc) is 2.47. The van der Waals surface area contributed by atoms with Crippen LogP contribution in [0.5, 0.6) is 5.75 Å². The molecule has 0 saturated heterocycles. The Morgan fingerprint density at radius 2 is 2.05 bits per heavy atom. The van der Waals surface area contributed by atoms with Crippen molar-refractivity contribution in [3.63, 3.8) is 0 Å². The molecule has 2 rings (SSSR count). The van der Waals surface area contributed by atoms with Gasteiger partial charge in [-0.2, -0.15) is 0 Å². The van der Waals surface area contributed by atoms with Crippen molar-refractivity contribution < 1.29 is 19.0 Å². The van der Waals surface area contributed by atoms with E-state index in [4.69, 9.17) is 9.84 Å². The number of carboxylic acids is 1. The molecule has 5 heteroatoms. The first-order valence-electron chi connectivity index (χ1n) is 6.53. The summed E-state index contributed by atoms with van der Waals surface area (Å²) in [5.41, 5.74) is 1.76. The van der Waals surface area contributed by atoms with Crippen LogP contribution in [0.15, 0.2) is 42.5 Å². The lowest BCUT2D eigenvalue weighted by atomic mass is 10.2. The third-order valence-electron chi connectivity index (χ3n) is 2.99. The molecule has 0 aliphatic heterocycles. The van der Waals surface area contributed by atoms with Gasteiger partial charge in [0.25, 0.3) is 0 Å². The Bertz CT molecular complexity index is 643. The summed E-state index contributed by atoms with van der Waals surface area (Å²) >= 11 is 0. The van der Waals surface area contributed by atoms with Crippen LogP contribution >= 0.6 is 0 Å². The summed E-state index contributed by atoms with van der Waals surface area (Å²) in [6, 6.07) is 11.0. The zero-order valence-electron chi connectivity index (χ0n) is 11.6. The molecule has 0 unspecified atom stereocenters. The van der Waals surface area contributed by atoms with Gasteiger partial charge < -0.3 is 15.2 Å². The van der Waals surface area contributed by atoms with Crippen LogP contribution in [-0.2, 0) is 0 Å². The molecule has 0 atom stereocenters. The Morgan fingerprint density at radius 3 is 2.81 bits per heavy atom. The van der Waals surface area contributed by atoms with Gasteiger partial charge in [-0.3, -0.25) is 0 Å². The quantitative estimate of drug-likeness (QED) is 0.801. The molecule has 0 aromatic heterocycles. The average molecular weight is 289 g/mol. The Morgan fingerprint density at radius 1 is 1.29 bits per heavy atom. The van der Waals surface area contributed by atoms with Gasteiger partial charge in [0.15, 0.2) is 0 Å². The third-order valence-corrected chi connectivity index (χ3v) is 2.99. The van der Waals surface area contributed by atoms with Gasteiger partial charge in [-0.15, -0.1) is 0 Å². The summed E-state index contributed by atoms with van der Waals surface area (Å²) in [6.07, 6.45) is 0. The van der Waals surface area contributed by atoms with Crippen LogP contribution in [0.4, 0.5) is 10.1 Å². The summed E-state index contributed by atoms with van der Waals surface area (Å²) in [5, 5.41) is 12.1. The van der Waals surface area contributed by atoms with Gasteiger partial charge in [-0.25, -0.2) is 9.18 Å². The number of carbonyl (C=O) groups is 1. The monoisotopic (exact) mass is 289 g/mol. The van der Waals surface area contributed by atoms with Crippen molar-refractivity contribution in [2.24, 2.45) is 0 Å². The summed E-state index contributed by atoms with van der Waals surface area (Å²) in [7, 11) is 0. The molecule has 0 fully saturated rings. The lowest BCUT2D eigenvalue weighted by Gasteiger charge is -2.12. The summed E-state index contributed by atoms with van der Waals surface area (Å²) in [4.78, 5) is 11.0. The number of nitrogens with one attached hydrogen (secondary N) is 1. The van der Waals surface area contributed by atoms with Crippen molar-refractivity contribution >= 4 is 11.7 Å². The molecule has 2 aromatic rings. The number of halogens is 1. The lowest BCUT2D eigenvalue weighted by Crippen LogP contribution is -2.13. The normalized spacial score (nSPS) is 10.2. The van der Waals surface area contributed by atoms with Crippen molar-refractivity contribution in [3.05, 3.63) is 59.4 Å². The number of hydrogen-bond acceptors (Lipinski definition) is 3. The molecule has 0 aliphatic rings. The minimum absolute atomic E-state index is 0.124. The first-order chi connectivity index (χ1) is 10.1. The molecule has 0 radical (unpaired) electrons. The highest BCUT2D eigenvalue weighted by molar-refractivity contribution is 5.90. The second-order valence-electron chi connectivity index (χ2n) is 4.54. The van der Waals surface area contributed by atoms with Crippen molar-refractivity contribution in [2.45, 2.75) is 6.92 Å². The summed E-state index contributed by atoms with van der Waals surface area (Å²) in [6.45, 7) is 2.60. The highest BCUT2D eigenvalue weighted by atomic mass is 19.1. The van der Waals surface area contributed by atoms with Crippen LogP contribution < -0.4 is 10.1 Å². The van der Waals surface area contributed by atoms with Crippen molar-refractivity contribution in [1.29, 1.82) is 0 Å². The molecule has 0 aliphatic carbocycles. The summed E-state index contributed by atoms with van der Waals surface area (Å²) in [5.74, 6) is -1.01. The van der Waals surface area contributed by atoms with Gasteiger partial charge in [-0.1, -0.05) is 18.2 Å². The highest BCUT2D eigenvalue weighted by Crippen LogP contribution is 2.18. The number of benzene rings is 2. The number of aryl methyl sites for hydroxylation is 1. The van der Waals surface area contributed by atoms with E-state index in [2.05, 4.69) is 5.32 Å². The van der Waals surface area contributed by atoms with E-state index in [9.17, 15) is 9.18 Å². The highest BCUT2D eigenvalue weighted by Gasteiger charge is 2.09. The molecule has 0 saturated carbocycles. The third kappa shape index (κ3) is 3.95. The standard InChI is InChI=1S/C16H16FNO3/c1-11-6-7-12(17)10-14(11)18-8-9-21-15-5-3-2-4-13(15)16(19)20/h2-7,10,18H,8-9H2,1H3,(H,19,20). The number of aromatic carboxylic acids is 1. The maximum Gasteiger partial charge on any atom is 0.339 e. The molecule has 0 amide bonds. The molecular weight excluding hydrogens is 273 g/mol. The predicted molar refractivity (Wildman–Crippen MR) is 78.5 cm³/mol. The smallest absolute Gasteiger partial charge is 0.339 e. The molecule has 0 spiro atoms.